The summed E-state index contributed by atoms with van der Waals surface area (Å²) in [6.07, 6.45) is 3.60. The van der Waals surface area contributed by atoms with Crippen LogP contribution in [-0.2, 0) is 6.42 Å². The molecule has 0 aromatic carbocycles. The summed E-state index contributed by atoms with van der Waals surface area (Å²) in [5.74, 6) is 0.179. The second-order valence-electron chi connectivity index (χ2n) is 3.06. The largest absolute Gasteiger partial charge is 0.442 e. The molecule has 76 valence electrons. The highest BCUT2D eigenvalue weighted by atomic mass is 35.5. The zero-order valence-electron chi connectivity index (χ0n) is 7.81. The van der Waals surface area contributed by atoms with Crippen LogP contribution in [0.25, 0.3) is 0 Å². The van der Waals surface area contributed by atoms with Gasteiger partial charge in [-0.1, -0.05) is 6.07 Å². The van der Waals surface area contributed by atoms with Crippen LogP contribution in [0.3, 0.4) is 0 Å². The van der Waals surface area contributed by atoms with Gasteiger partial charge in [0.05, 0.1) is 0 Å². The first-order valence-corrected chi connectivity index (χ1v) is 4.81. The molecule has 2 rings (SSSR count). The first-order chi connectivity index (χ1) is 7.25. The topological polar surface area (TPSA) is 43.1 Å². The lowest BCUT2D eigenvalue weighted by molar-refractivity contribution is 0.0966. The quantitative estimate of drug-likeness (QED) is 0.749. The number of carbonyl (C=O) groups excluding carboxylic acids is 1. The van der Waals surface area contributed by atoms with E-state index in [1.807, 2.05) is 6.07 Å². The monoisotopic (exact) mass is 221 g/mol. The number of halogens is 1. The first-order valence-electron chi connectivity index (χ1n) is 4.43. The molecule has 15 heavy (non-hydrogen) atoms. The lowest BCUT2D eigenvalue weighted by Gasteiger charge is -1.96. The molecule has 0 aliphatic carbocycles. The van der Waals surface area contributed by atoms with Gasteiger partial charge >= 0.3 is 0 Å². The Balaban J connectivity index is 2.11. The van der Waals surface area contributed by atoms with Gasteiger partial charge in [-0.2, -0.15) is 0 Å². The molecule has 0 fully saturated rings. The number of rotatable bonds is 3. The minimum Gasteiger partial charge on any atom is -0.442 e. The lowest BCUT2D eigenvalue weighted by atomic mass is 10.1. The fourth-order valence-corrected chi connectivity index (χ4v) is 1.39. The summed E-state index contributed by atoms with van der Waals surface area (Å²) < 4.78 is 5.01. The number of nitrogens with zero attached hydrogens (tertiary/aromatic N) is 1. The zero-order valence-corrected chi connectivity index (χ0v) is 8.57. The maximum atomic E-state index is 11.6. The molecule has 2 heterocycles. The van der Waals surface area contributed by atoms with Crippen molar-refractivity contribution in [3.63, 3.8) is 0 Å². The number of pyridine rings is 1. The van der Waals surface area contributed by atoms with E-state index >= 15 is 0 Å². The van der Waals surface area contributed by atoms with Crippen molar-refractivity contribution >= 4 is 17.4 Å². The number of hydrogen-bond donors (Lipinski definition) is 0. The smallest absolute Gasteiger partial charge is 0.202 e. The number of aromatic nitrogens is 1. The number of ketones is 1. The van der Waals surface area contributed by atoms with Crippen LogP contribution in [0, 0.1) is 0 Å². The van der Waals surface area contributed by atoms with E-state index in [1.165, 1.54) is 0 Å². The molecule has 0 saturated carbocycles. The van der Waals surface area contributed by atoms with Gasteiger partial charge < -0.3 is 4.42 Å². The fraction of sp³-hybridized carbons (Fsp3) is 0.0909. The highest BCUT2D eigenvalue weighted by Gasteiger charge is 2.11. The highest BCUT2D eigenvalue weighted by Crippen LogP contribution is 2.15. The summed E-state index contributed by atoms with van der Waals surface area (Å²) in [6, 6.07) is 6.76. The minimum atomic E-state index is -0.102. The van der Waals surface area contributed by atoms with E-state index in [1.54, 1.807) is 30.6 Å². The van der Waals surface area contributed by atoms with E-state index < -0.39 is 0 Å². The number of furan rings is 1. The maximum absolute atomic E-state index is 11.6. The molecule has 0 saturated heterocycles. The molecule has 0 spiro atoms. The van der Waals surface area contributed by atoms with Crippen molar-refractivity contribution in [2.24, 2.45) is 0 Å². The molecule has 0 N–H and O–H groups in total. The van der Waals surface area contributed by atoms with Crippen molar-refractivity contribution in [2.45, 2.75) is 6.42 Å². The molecule has 2 aromatic heterocycles. The number of Topliss-reactive ketones (excluding diaryl/α,β-unsaturated/α-hetero) is 1. The molecule has 2 aromatic rings. The Hall–Kier alpha value is -1.61. The first kappa shape index (κ1) is 9.93. The Kier molecular flexibility index (Phi) is 2.83. The Morgan fingerprint density at radius 2 is 2.27 bits per heavy atom. The third-order valence-corrected chi connectivity index (χ3v) is 2.14. The molecule has 0 aliphatic rings. The van der Waals surface area contributed by atoms with Gasteiger partial charge in [-0.15, -0.1) is 0 Å². The number of hydrogen-bond acceptors (Lipinski definition) is 3. The molecule has 0 amide bonds. The van der Waals surface area contributed by atoms with Crippen molar-refractivity contribution in [2.75, 3.05) is 0 Å². The van der Waals surface area contributed by atoms with E-state index in [0.29, 0.717) is 0 Å². The second kappa shape index (κ2) is 4.28. The average Bonchev–Trinajstić information content (AvgIpc) is 2.66. The van der Waals surface area contributed by atoms with Gasteiger partial charge in [0.2, 0.25) is 5.78 Å². The Labute approximate surface area is 91.7 Å². The van der Waals surface area contributed by atoms with E-state index in [2.05, 4.69) is 4.98 Å². The molecule has 0 unspecified atom stereocenters. The van der Waals surface area contributed by atoms with E-state index in [0.717, 1.165) is 5.56 Å². The van der Waals surface area contributed by atoms with Crippen molar-refractivity contribution in [3.8, 4) is 0 Å². The van der Waals surface area contributed by atoms with Crippen LogP contribution in [0.5, 0.6) is 0 Å². The van der Waals surface area contributed by atoms with Crippen LogP contribution >= 0.6 is 11.6 Å². The third kappa shape index (κ3) is 2.44. The highest BCUT2D eigenvalue weighted by molar-refractivity contribution is 6.29. The summed E-state index contributed by atoms with van der Waals surface area (Å²) in [5.41, 5.74) is 0.857. The van der Waals surface area contributed by atoms with Gasteiger partial charge in [-0.3, -0.25) is 9.78 Å². The molecular formula is C11H8ClNO2. The van der Waals surface area contributed by atoms with Gasteiger partial charge in [0.1, 0.15) is 0 Å². The normalized spacial score (nSPS) is 10.2. The van der Waals surface area contributed by atoms with E-state index in [-0.39, 0.29) is 23.2 Å². The summed E-state index contributed by atoms with van der Waals surface area (Å²) in [4.78, 5) is 15.6. The van der Waals surface area contributed by atoms with Crippen LogP contribution < -0.4 is 0 Å². The van der Waals surface area contributed by atoms with Crippen LogP contribution in [-0.4, -0.2) is 10.8 Å². The lowest BCUT2D eigenvalue weighted by Crippen LogP contribution is -2.01. The molecular weight excluding hydrogens is 214 g/mol. The SMILES string of the molecule is O=C(Cc1cccnc1)c1ccc(Cl)o1. The van der Waals surface area contributed by atoms with Gasteiger partial charge in [-0.05, 0) is 35.4 Å². The molecule has 0 radical (unpaired) electrons. The van der Waals surface area contributed by atoms with Crippen LogP contribution in [0.4, 0.5) is 0 Å². The summed E-state index contributed by atoms with van der Waals surface area (Å²) in [6.45, 7) is 0. The van der Waals surface area contributed by atoms with Crippen LogP contribution in [0.1, 0.15) is 16.1 Å². The minimum absolute atomic E-state index is 0.102. The Morgan fingerprint density at radius 3 is 2.87 bits per heavy atom. The summed E-state index contributed by atoms with van der Waals surface area (Å²) >= 11 is 5.58. The van der Waals surface area contributed by atoms with Gasteiger partial charge in [0, 0.05) is 18.8 Å². The number of carbonyl (C=O) groups is 1. The standard InChI is InChI=1S/C11H8ClNO2/c12-11-4-3-10(15-11)9(14)6-8-2-1-5-13-7-8/h1-5,7H,6H2. The van der Waals surface area contributed by atoms with Crippen molar-refractivity contribution < 1.29 is 9.21 Å². The molecule has 0 aliphatic heterocycles. The zero-order chi connectivity index (χ0) is 10.7. The van der Waals surface area contributed by atoms with E-state index in [4.69, 9.17) is 16.0 Å². The van der Waals surface area contributed by atoms with Crippen LogP contribution in [0.2, 0.25) is 5.22 Å². The molecule has 0 atom stereocenters. The van der Waals surface area contributed by atoms with Crippen molar-refractivity contribution in [1.29, 1.82) is 0 Å². The maximum Gasteiger partial charge on any atom is 0.202 e. The predicted molar refractivity (Wildman–Crippen MR) is 56.0 cm³/mol. The molecule has 0 bridgehead atoms. The van der Waals surface area contributed by atoms with Gasteiger partial charge in [0.15, 0.2) is 11.0 Å². The Morgan fingerprint density at radius 1 is 1.40 bits per heavy atom. The predicted octanol–water partition coefficient (Wildman–Crippen LogP) is 2.75. The molecule has 4 heteroatoms. The summed E-state index contributed by atoms with van der Waals surface area (Å²) in [5, 5.41) is 0.226. The average molecular weight is 222 g/mol. The Bertz CT molecular complexity index is 464. The van der Waals surface area contributed by atoms with Gasteiger partial charge in [-0.25, -0.2) is 0 Å². The van der Waals surface area contributed by atoms with Crippen molar-refractivity contribution in [3.05, 3.63) is 53.2 Å². The van der Waals surface area contributed by atoms with Gasteiger partial charge in [0.25, 0.3) is 0 Å². The second-order valence-corrected chi connectivity index (χ2v) is 3.44. The van der Waals surface area contributed by atoms with E-state index in [9.17, 15) is 4.79 Å². The fourth-order valence-electron chi connectivity index (χ4n) is 1.24. The third-order valence-electron chi connectivity index (χ3n) is 1.94. The summed E-state index contributed by atoms with van der Waals surface area (Å²) in [7, 11) is 0. The van der Waals surface area contributed by atoms with Crippen molar-refractivity contribution in [1.82, 2.24) is 4.98 Å². The molecule has 3 nitrogen and oxygen atoms in total. The van der Waals surface area contributed by atoms with Crippen LogP contribution in [0.15, 0.2) is 41.1 Å².